The van der Waals surface area contributed by atoms with Crippen LogP contribution in [0.15, 0.2) is 29.2 Å². The molecule has 19 heavy (non-hydrogen) atoms. The van der Waals surface area contributed by atoms with E-state index in [2.05, 4.69) is 6.92 Å². The van der Waals surface area contributed by atoms with Crippen molar-refractivity contribution in [1.29, 1.82) is 0 Å². The highest BCUT2D eigenvalue weighted by molar-refractivity contribution is 8.00. The third-order valence-electron chi connectivity index (χ3n) is 2.71. The zero-order valence-electron chi connectivity index (χ0n) is 11.8. The Labute approximate surface area is 119 Å². The molecule has 0 amide bonds. The van der Waals surface area contributed by atoms with Crippen molar-refractivity contribution < 1.29 is 14.3 Å². The van der Waals surface area contributed by atoms with Crippen molar-refractivity contribution in [2.75, 3.05) is 13.7 Å². The third kappa shape index (κ3) is 5.55. The molecule has 3 nitrogen and oxygen atoms in total. The van der Waals surface area contributed by atoms with E-state index in [0.29, 0.717) is 6.61 Å². The fraction of sp³-hybridized carbons (Fsp3) is 0.533. The van der Waals surface area contributed by atoms with Crippen LogP contribution in [-0.4, -0.2) is 24.9 Å². The highest BCUT2D eigenvalue weighted by atomic mass is 32.2. The summed E-state index contributed by atoms with van der Waals surface area (Å²) in [5.41, 5.74) is 0. The van der Waals surface area contributed by atoms with E-state index < -0.39 is 0 Å². The molecule has 0 heterocycles. The standard InChI is InChI=1S/C15H22O3S/c1-4-6-7-14(15(16)18-5-2)19-13-10-8-12(17-3)9-11-13/h8-11,14H,4-7H2,1-3H3. The second kappa shape index (κ2) is 8.86. The normalized spacial score (nSPS) is 11.9. The van der Waals surface area contributed by atoms with E-state index in [-0.39, 0.29) is 11.2 Å². The van der Waals surface area contributed by atoms with Gasteiger partial charge in [-0.25, -0.2) is 0 Å². The van der Waals surface area contributed by atoms with Crippen LogP contribution < -0.4 is 4.74 Å². The smallest absolute Gasteiger partial charge is 0.319 e. The van der Waals surface area contributed by atoms with Crippen molar-refractivity contribution in [3.05, 3.63) is 24.3 Å². The molecule has 4 heteroatoms. The number of ether oxygens (including phenoxy) is 2. The molecule has 0 spiro atoms. The number of hydrogen-bond donors (Lipinski definition) is 0. The minimum absolute atomic E-state index is 0.114. The fourth-order valence-corrected chi connectivity index (χ4v) is 2.74. The Morgan fingerprint density at radius 3 is 2.47 bits per heavy atom. The maximum Gasteiger partial charge on any atom is 0.319 e. The molecule has 1 aromatic carbocycles. The minimum atomic E-state index is -0.117. The van der Waals surface area contributed by atoms with E-state index in [4.69, 9.17) is 9.47 Å². The zero-order valence-corrected chi connectivity index (χ0v) is 12.7. The average molecular weight is 282 g/mol. The molecule has 1 aromatic rings. The molecule has 0 aromatic heterocycles. The summed E-state index contributed by atoms with van der Waals surface area (Å²) in [5, 5.41) is -0.117. The molecular weight excluding hydrogens is 260 g/mol. The number of carbonyl (C=O) groups is 1. The van der Waals surface area contributed by atoms with Gasteiger partial charge in [-0.1, -0.05) is 19.8 Å². The summed E-state index contributed by atoms with van der Waals surface area (Å²) >= 11 is 1.57. The van der Waals surface area contributed by atoms with Gasteiger partial charge in [-0.2, -0.15) is 0 Å². The Balaban J connectivity index is 2.66. The van der Waals surface area contributed by atoms with Gasteiger partial charge >= 0.3 is 5.97 Å². The molecule has 1 atom stereocenters. The van der Waals surface area contributed by atoms with Gasteiger partial charge < -0.3 is 9.47 Å². The van der Waals surface area contributed by atoms with Gasteiger partial charge in [0.05, 0.1) is 13.7 Å². The molecule has 0 saturated heterocycles. The number of hydrogen-bond acceptors (Lipinski definition) is 4. The molecule has 0 aliphatic carbocycles. The maximum atomic E-state index is 11.9. The first kappa shape index (κ1) is 15.9. The molecule has 0 N–H and O–H groups in total. The third-order valence-corrected chi connectivity index (χ3v) is 3.96. The second-order valence-electron chi connectivity index (χ2n) is 4.18. The van der Waals surface area contributed by atoms with Crippen LogP contribution >= 0.6 is 11.8 Å². The van der Waals surface area contributed by atoms with Gasteiger partial charge in [-0.3, -0.25) is 4.79 Å². The number of rotatable bonds is 8. The highest BCUT2D eigenvalue weighted by Gasteiger charge is 2.20. The fourth-order valence-electron chi connectivity index (χ4n) is 1.67. The van der Waals surface area contributed by atoms with E-state index in [1.807, 2.05) is 31.2 Å². The van der Waals surface area contributed by atoms with Crippen molar-refractivity contribution in [3.8, 4) is 5.75 Å². The first-order chi connectivity index (χ1) is 9.21. The largest absolute Gasteiger partial charge is 0.497 e. The van der Waals surface area contributed by atoms with Gasteiger partial charge in [0.25, 0.3) is 0 Å². The van der Waals surface area contributed by atoms with E-state index in [9.17, 15) is 4.79 Å². The minimum Gasteiger partial charge on any atom is -0.497 e. The summed E-state index contributed by atoms with van der Waals surface area (Å²) in [4.78, 5) is 13.0. The van der Waals surface area contributed by atoms with Crippen LogP contribution in [0.25, 0.3) is 0 Å². The van der Waals surface area contributed by atoms with Gasteiger partial charge in [0.15, 0.2) is 0 Å². The number of esters is 1. The first-order valence-electron chi connectivity index (χ1n) is 6.68. The average Bonchev–Trinajstić information content (AvgIpc) is 2.44. The van der Waals surface area contributed by atoms with E-state index >= 15 is 0 Å². The lowest BCUT2D eigenvalue weighted by Crippen LogP contribution is -2.20. The summed E-state index contributed by atoms with van der Waals surface area (Å²) in [5.74, 6) is 0.711. The zero-order chi connectivity index (χ0) is 14.1. The maximum absolute atomic E-state index is 11.9. The predicted octanol–water partition coefficient (Wildman–Crippen LogP) is 3.91. The summed E-state index contributed by atoms with van der Waals surface area (Å²) in [6.45, 7) is 4.40. The van der Waals surface area contributed by atoms with Gasteiger partial charge in [0, 0.05) is 4.90 Å². The van der Waals surface area contributed by atoms with Crippen LogP contribution in [-0.2, 0) is 9.53 Å². The van der Waals surface area contributed by atoms with Crippen molar-refractivity contribution >= 4 is 17.7 Å². The van der Waals surface area contributed by atoms with Gasteiger partial charge in [0.1, 0.15) is 11.0 Å². The van der Waals surface area contributed by atoms with E-state index in [0.717, 1.165) is 29.9 Å². The van der Waals surface area contributed by atoms with Gasteiger partial charge in [-0.05, 0) is 37.6 Å². The summed E-state index contributed by atoms with van der Waals surface area (Å²) in [6, 6.07) is 7.76. The first-order valence-corrected chi connectivity index (χ1v) is 7.56. The molecular formula is C15H22O3S. The topological polar surface area (TPSA) is 35.5 Å². The molecule has 0 radical (unpaired) electrons. The van der Waals surface area contributed by atoms with Crippen LogP contribution in [0.4, 0.5) is 0 Å². The number of thioether (sulfide) groups is 1. The van der Waals surface area contributed by atoms with E-state index in [1.165, 1.54) is 0 Å². The lowest BCUT2D eigenvalue weighted by molar-refractivity contribution is -0.142. The van der Waals surface area contributed by atoms with Crippen molar-refractivity contribution in [1.82, 2.24) is 0 Å². The molecule has 1 unspecified atom stereocenters. The lowest BCUT2D eigenvalue weighted by atomic mass is 10.2. The highest BCUT2D eigenvalue weighted by Crippen LogP contribution is 2.29. The number of benzene rings is 1. The SMILES string of the molecule is CCCCC(Sc1ccc(OC)cc1)C(=O)OCC. The number of methoxy groups -OCH3 is 1. The van der Waals surface area contributed by atoms with Crippen LogP contribution in [0.2, 0.25) is 0 Å². The molecule has 0 bridgehead atoms. The Bertz CT molecular complexity index is 375. The lowest BCUT2D eigenvalue weighted by Gasteiger charge is -2.15. The van der Waals surface area contributed by atoms with Crippen LogP contribution in [0.3, 0.4) is 0 Å². The van der Waals surface area contributed by atoms with Gasteiger partial charge in [0.2, 0.25) is 0 Å². The number of unbranched alkanes of at least 4 members (excludes halogenated alkanes) is 1. The monoisotopic (exact) mass is 282 g/mol. The van der Waals surface area contributed by atoms with Crippen molar-refractivity contribution in [2.45, 2.75) is 43.3 Å². The molecule has 0 aliphatic rings. The second-order valence-corrected chi connectivity index (χ2v) is 5.45. The Hall–Kier alpha value is -1.16. The quantitative estimate of drug-likeness (QED) is 0.535. The van der Waals surface area contributed by atoms with Crippen molar-refractivity contribution in [3.63, 3.8) is 0 Å². The Kier molecular flexibility index (Phi) is 7.41. The summed E-state index contributed by atoms with van der Waals surface area (Å²) in [7, 11) is 1.64. The van der Waals surface area contributed by atoms with Crippen LogP contribution in [0.5, 0.6) is 5.75 Å². The molecule has 1 rings (SSSR count). The Morgan fingerprint density at radius 2 is 1.95 bits per heavy atom. The molecule has 106 valence electrons. The predicted molar refractivity (Wildman–Crippen MR) is 78.8 cm³/mol. The van der Waals surface area contributed by atoms with Crippen LogP contribution in [0.1, 0.15) is 33.1 Å². The summed E-state index contributed by atoms with van der Waals surface area (Å²) < 4.78 is 10.3. The number of carbonyl (C=O) groups excluding carboxylic acids is 1. The summed E-state index contributed by atoms with van der Waals surface area (Å²) in [6.07, 6.45) is 2.97. The van der Waals surface area contributed by atoms with E-state index in [1.54, 1.807) is 18.9 Å². The van der Waals surface area contributed by atoms with Crippen molar-refractivity contribution in [2.24, 2.45) is 0 Å². The molecule has 0 aliphatic heterocycles. The van der Waals surface area contributed by atoms with Gasteiger partial charge in [-0.15, -0.1) is 11.8 Å². The van der Waals surface area contributed by atoms with Crippen LogP contribution in [0, 0.1) is 0 Å². The molecule has 0 fully saturated rings. The Morgan fingerprint density at radius 1 is 1.26 bits per heavy atom. The molecule has 0 saturated carbocycles.